The average molecular weight is 490 g/mol. The Morgan fingerprint density at radius 3 is 2.55 bits per heavy atom. The SMILES string of the molecule is Nc1c(C(=O)Nc2ccc(OC(F)(F)Cl)cc2)ccc(Br)c1N[C@@H]1CNC(=O)C1. The molecule has 1 saturated heterocycles. The minimum atomic E-state index is -3.82. The molecule has 3 rings (SSSR count). The van der Waals surface area contributed by atoms with Gasteiger partial charge >= 0.3 is 5.57 Å². The number of carbonyl (C=O) groups excluding carboxylic acids is 2. The van der Waals surface area contributed by atoms with E-state index in [4.69, 9.17) is 17.3 Å². The van der Waals surface area contributed by atoms with Crippen LogP contribution in [0, 0.1) is 0 Å². The summed E-state index contributed by atoms with van der Waals surface area (Å²) in [6.07, 6.45) is 0.304. The van der Waals surface area contributed by atoms with Gasteiger partial charge in [0.2, 0.25) is 5.91 Å². The van der Waals surface area contributed by atoms with Crippen LogP contribution in [-0.4, -0.2) is 30.0 Å². The number of anilines is 3. The number of hydrogen-bond acceptors (Lipinski definition) is 5. The van der Waals surface area contributed by atoms with Gasteiger partial charge in [-0.25, -0.2) is 0 Å². The predicted molar refractivity (Wildman–Crippen MR) is 109 cm³/mol. The van der Waals surface area contributed by atoms with Crippen molar-refractivity contribution in [1.29, 1.82) is 0 Å². The number of carbonyl (C=O) groups is 2. The summed E-state index contributed by atoms with van der Waals surface area (Å²) in [5.41, 5.74) is 3.62. The van der Waals surface area contributed by atoms with Crippen molar-refractivity contribution in [3.05, 3.63) is 46.4 Å². The van der Waals surface area contributed by atoms with Gasteiger partial charge in [-0.15, -0.1) is 8.78 Å². The number of hydrogen-bond donors (Lipinski definition) is 4. The standard InChI is InChI=1S/C18H16BrClF2N4O3/c19-13-6-5-12(15(23)16(13)25-10-7-14(27)24-8-10)17(28)26-9-1-3-11(4-2-9)29-18(20,21)22/h1-6,10,25H,7-8,23H2,(H,24,27)(H,26,28)/t10-/m0/s1. The Hall–Kier alpha value is -2.59. The van der Waals surface area contributed by atoms with E-state index in [2.05, 4.69) is 36.6 Å². The van der Waals surface area contributed by atoms with E-state index in [1.54, 1.807) is 12.1 Å². The molecular weight excluding hydrogens is 474 g/mol. The molecule has 2 amide bonds. The lowest BCUT2D eigenvalue weighted by Crippen LogP contribution is -2.24. The Bertz CT molecular complexity index is 938. The van der Waals surface area contributed by atoms with Gasteiger partial charge in [-0.1, -0.05) is 0 Å². The molecule has 2 aromatic rings. The van der Waals surface area contributed by atoms with Gasteiger partial charge in [0, 0.05) is 34.7 Å². The topological polar surface area (TPSA) is 105 Å². The molecule has 0 aliphatic carbocycles. The molecule has 11 heteroatoms. The maximum Gasteiger partial charge on any atom is 0.487 e. The first-order chi connectivity index (χ1) is 13.6. The fourth-order valence-corrected chi connectivity index (χ4v) is 3.34. The lowest BCUT2D eigenvalue weighted by atomic mass is 10.1. The second-order valence-corrected chi connectivity index (χ2v) is 7.55. The zero-order valence-electron chi connectivity index (χ0n) is 14.8. The highest BCUT2D eigenvalue weighted by Crippen LogP contribution is 2.33. The Morgan fingerprint density at radius 1 is 1.28 bits per heavy atom. The van der Waals surface area contributed by atoms with E-state index < -0.39 is 11.5 Å². The molecule has 2 aromatic carbocycles. The monoisotopic (exact) mass is 488 g/mol. The summed E-state index contributed by atoms with van der Waals surface area (Å²) in [6.45, 7) is 0.455. The number of nitrogens with two attached hydrogens (primary N) is 1. The molecule has 29 heavy (non-hydrogen) atoms. The smallest absolute Gasteiger partial charge is 0.420 e. The predicted octanol–water partition coefficient (Wildman–Crippen LogP) is 3.75. The van der Waals surface area contributed by atoms with Gasteiger partial charge in [0.25, 0.3) is 5.91 Å². The second-order valence-electron chi connectivity index (χ2n) is 6.26. The summed E-state index contributed by atoms with van der Waals surface area (Å²) < 4.78 is 30.2. The largest absolute Gasteiger partial charge is 0.487 e. The fraction of sp³-hybridized carbons (Fsp3) is 0.222. The maximum atomic E-state index is 12.6. The third kappa shape index (κ3) is 5.48. The summed E-state index contributed by atoms with van der Waals surface area (Å²) in [5, 5.41) is 8.51. The lowest BCUT2D eigenvalue weighted by Gasteiger charge is -2.18. The molecule has 0 bridgehead atoms. The molecule has 0 radical (unpaired) electrons. The van der Waals surface area contributed by atoms with Gasteiger partial charge in [-0.05, 0) is 52.3 Å². The van der Waals surface area contributed by atoms with Crippen molar-refractivity contribution in [2.24, 2.45) is 0 Å². The molecule has 5 N–H and O–H groups in total. The first-order valence-electron chi connectivity index (χ1n) is 8.41. The normalized spacial score (nSPS) is 16.3. The molecule has 0 saturated carbocycles. The quantitative estimate of drug-likeness (QED) is 0.365. The molecule has 1 aliphatic rings. The van der Waals surface area contributed by atoms with E-state index >= 15 is 0 Å². The molecule has 0 unspecified atom stereocenters. The van der Waals surface area contributed by atoms with Crippen molar-refractivity contribution in [1.82, 2.24) is 5.32 Å². The van der Waals surface area contributed by atoms with E-state index in [1.807, 2.05) is 0 Å². The van der Waals surface area contributed by atoms with Crippen molar-refractivity contribution in [2.45, 2.75) is 18.0 Å². The minimum absolute atomic E-state index is 0.0644. The van der Waals surface area contributed by atoms with Crippen LogP contribution < -0.4 is 26.4 Å². The number of amides is 2. The number of rotatable bonds is 6. The molecule has 7 nitrogen and oxygen atoms in total. The van der Waals surface area contributed by atoms with E-state index in [0.717, 1.165) is 0 Å². The van der Waals surface area contributed by atoms with Crippen LogP contribution in [0.4, 0.5) is 25.8 Å². The minimum Gasteiger partial charge on any atom is -0.420 e. The molecule has 1 aliphatic heterocycles. The second kappa shape index (κ2) is 8.42. The van der Waals surface area contributed by atoms with E-state index in [-0.39, 0.29) is 28.9 Å². The number of halogens is 4. The molecule has 0 aromatic heterocycles. The van der Waals surface area contributed by atoms with E-state index in [9.17, 15) is 18.4 Å². The van der Waals surface area contributed by atoms with Gasteiger partial charge in [0.05, 0.1) is 23.0 Å². The van der Waals surface area contributed by atoms with Crippen molar-refractivity contribution in [2.75, 3.05) is 22.9 Å². The number of nitrogen functional groups attached to an aromatic ring is 1. The zero-order valence-corrected chi connectivity index (χ0v) is 17.1. The van der Waals surface area contributed by atoms with Gasteiger partial charge in [-0.3, -0.25) is 9.59 Å². The van der Waals surface area contributed by atoms with Gasteiger partial charge < -0.3 is 26.4 Å². The summed E-state index contributed by atoms with van der Waals surface area (Å²) in [6, 6.07) is 8.33. The van der Waals surface area contributed by atoms with Gasteiger partial charge in [0.1, 0.15) is 5.75 Å². The third-order valence-corrected chi connectivity index (χ3v) is 4.85. The third-order valence-electron chi connectivity index (χ3n) is 4.11. The van der Waals surface area contributed by atoms with Crippen molar-refractivity contribution in [3.8, 4) is 5.75 Å². The molecule has 154 valence electrons. The Balaban J connectivity index is 1.73. The summed E-state index contributed by atoms with van der Waals surface area (Å²) in [5.74, 6) is -0.710. The molecule has 1 heterocycles. The number of ether oxygens (including phenoxy) is 1. The summed E-state index contributed by atoms with van der Waals surface area (Å²) in [4.78, 5) is 24.0. The van der Waals surface area contributed by atoms with Crippen molar-refractivity contribution < 1.29 is 23.1 Å². The van der Waals surface area contributed by atoms with Crippen LogP contribution in [-0.2, 0) is 4.79 Å². The fourth-order valence-electron chi connectivity index (χ4n) is 2.79. The molecular formula is C18H16BrClF2N4O3. The Morgan fingerprint density at radius 2 is 1.97 bits per heavy atom. The highest BCUT2D eigenvalue weighted by atomic mass is 79.9. The first-order valence-corrected chi connectivity index (χ1v) is 9.58. The van der Waals surface area contributed by atoms with Crippen LogP contribution in [0.3, 0.4) is 0 Å². The number of benzene rings is 2. The highest BCUT2D eigenvalue weighted by Gasteiger charge is 2.27. The summed E-state index contributed by atoms with van der Waals surface area (Å²) in [7, 11) is 0. The van der Waals surface area contributed by atoms with E-state index in [1.165, 1.54) is 24.3 Å². The highest BCUT2D eigenvalue weighted by molar-refractivity contribution is 9.10. The van der Waals surface area contributed by atoms with Crippen LogP contribution in [0.15, 0.2) is 40.9 Å². The Labute approximate surface area is 178 Å². The van der Waals surface area contributed by atoms with Crippen LogP contribution in [0.5, 0.6) is 5.75 Å². The molecule has 1 fully saturated rings. The van der Waals surface area contributed by atoms with Crippen LogP contribution in [0.2, 0.25) is 0 Å². The number of alkyl halides is 3. The first kappa shape index (κ1) is 21.1. The van der Waals surface area contributed by atoms with Crippen molar-refractivity contribution >= 4 is 56.4 Å². The molecule has 0 spiro atoms. The van der Waals surface area contributed by atoms with Crippen LogP contribution >= 0.6 is 27.5 Å². The van der Waals surface area contributed by atoms with E-state index in [0.29, 0.717) is 28.8 Å². The zero-order chi connectivity index (χ0) is 21.2. The maximum absolute atomic E-state index is 12.6. The van der Waals surface area contributed by atoms with Crippen LogP contribution in [0.1, 0.15) is 16.8 Å². The van der Waals surface area contributed by atoms with Crippen molar-refractivity contribution in [3.63, 3.8) is 0 Å². The average Bonchev–Trinajstić information content (AvgIpc) is 3.04. The van der Waals surface area contributed by atoms with Crippen LogP contribution in [0.25, 0.3) is 0 Å². The summed E-state index contributed by atoms with van der Waals surface area (Å²) >= 11 is 8.10. The van der Waals surface area contributed by atoms with Gasteiger partial charge in [0.15, 0.2) is 0 Å². The van der Waals surface area contributed by atoms with Gasteiger partial charge in [-0.2, -0.15) is 0 Å². The number of nitrogens with one attached hydrogen (secondary N) is 3. The molecule has 1 atom stereocenters. The lowest BCUT2D eigenvalue weighted by molar-refractivity contribution is -0.119. The Kier molecular flexibility index (Phi) is 6.13.